The van der Waals surface area contributed by atoms with Crippen molar-refractivity contribution < 1.29 is 27.7 Å². The van der Waals surface area contributed by atoms with Crippen molar-refractivity contribution in [1.29, 1.82) is 0 Å². The number of sulfonamides is 1. The van der Waals surface area contributed by atoms with Crippen molar-refractivity contribution in [2.45, 2.75) is 51.6 Å². The average Bonchev–Trinajstić information content (AvgIpc) is 2.98. The van der Waals surface area contributed by atoms with E-state index in [0.29, 0.717) is 6.54 Å². The molecule has 0 bridgehead atoms. The molecule has 0 radical (unpaired) electrons. The van der Waals surface area contributed by atoms with E-state index >= 15 is 0 Å². The second-order valence-corrected chi connectivity index (χ2v) is 12.9. The van der Waals surface area contributed by atoms with E-state index in [2.05, 4.69) is 5.32 Å². The number of nitrogens with zero attached hydrogens (tertiary/aromatic N) is 3. The average molecular weight is 645 g/mol. The summed E-state index contributed by atoms with van der Waals surface area (Å²) in [6, 6.07) is 15.9. The molecule has 0 unspecified atom stereocenters. The Bertz CT molecular complexity index is 1600. The Kier molecular flexibility index (Phi) is 11.7. The van der Waals surface area contributed by atoms with Crippen molar-refractivity contribution in [3.8, 4) is 5.75 Å². The molecule has 11 nitrogen and oxygen atoms in total. The standard InChI is InChI=1S/C31H37ClN4O7S/c1-6-26(31(38)33-18-21(2)3)34(19-23-10-8-7-9-11-23)30(37)20-35(28-16-24(32)13-15-29(28)43-5)44(41,42)25-14-12-22(4)27(17-25)36(39)40/h7-17,21,26H,6,18-20H2,1-5H3,(H,33,38)/t26-/m1/s1. The van der Waals surface area contributed by atoms with Crippen LogP contribution in [0.5, 0.6) is 5.75 Å². The number of nitro groups is 1. The number of hydrogen-bond donors (Lipinski definition) is 1. The zero-order valence-corrected chi connectivity index (χ0v) is 26.9. The minimum Gasteiger partial charge on any atom is -0.495 e. The number of rotatable bonds is 14. The summed E-state index contributed by atoms with van der Waals surface area (Å²) < 4.78 is 34.7. The normalized spacial score (nSPS) is 12.0. The number of aryl methyl sites for hydroxylation is 1. The number of anilines is 1. The van der Waals surface area contributed by atoms with Crippen LogP contribution in [0.1, 0.15) is 38.3 Å². The topological polar surface area (TPSA) is 139 Å². The van der Waals surface area contributed by atoms with Crippen LogP contribution >= 0.6 is 11.6 Å². The second-order valence-electron chi connectivity index (χ2n) is 10.6. The number of benzene rings is 3. The van der Waals surface area contributed by atoms with Crippen molar-refractivity contribution in [3.05, 3.63) is 93.0 Å². The Morgan fingerprint density at radius 3 is 2.34 bits per heavy atom. The van der Waals surface area contributed by atoms with Crippen LogP contribution < -0.4 is 14.4 Å². The van der Waals surface area contributed by atoms with Crippen molar-refractivity contribution >= 4 is 44.8 Å². The molecule has 0 aromatic heterocycles. The smallest absolute Gasteiger partial charge is 0.273 e. The summed E-state index contributed by atoms with van der Waals surface area (Å²) in [6.45, 7) is 6.84. The maximum Gasteiger partial charge on any atom is 0.273 e. The first-order valence-corrected chi connectivity index (χ1v) is 15.8. The summed E-state index contributed by atoms with van der Waals surface area (Å²) in [5.74, 6) is -0.769. The molecular weight excluding hydrogens is 608 g/mol. The van der Waals surface area contributed by atoms with E-state index in [0.717, 1.165) is 15.9 Å². The third-order valence-electron chi connectivity index (χ3n) is 6.92. The molecule has 0 aliphatic heterocycles. The molecule has 3 aromatic rings. The minimum absolute atomic E-state index is 0.0316. The highest BCUT2D eigenvalue weighted by Gasteiger charge is 2.35. The van der Waals surface area contributed by atoms with Crippen LogP contribution in [-0.4, -0.2) is 56.3 Å². The molecule has 0 aliphatic carbocycles. The molecule has 1 atom stereocenters. The lowest BCUT2D eigenvalue weighted by Gasteiger charge is -2.33. The van der Waals surface area contributed by atoms with Gasteiger partial charge in [0.2, 0.25) is 11.8 Å². The van der Waals surface area contributed by atoms with Gasteiger partial charge in [-0.3, -0.25) is 24.0 Å². The molecular formula is C31H37ClN4O7S. The van der Waals surface area contributed by atoms with E-state index in [4.69, 9.17) is 16.3 Å². The van der Waals surface area contributed by atoms with E-state index in [-0.39, 0.29) is 46.8 Å². The van der Waals surface area contributed by atoms with Gasteiger partial charge >= 0.3 is 0 Å². The Labute approximate surface area is 263 Å². The Hall–Kier alpha value is -4.16. The van der Waals surface area contributed by atoms with Gasteiger partial charge in [0.15, 0.2) is 0 Å². The summed E-state index contributed by atoms with van der Waals surface area (Å²) in [5, 5.41) is 14.7. The Morgan fingerprint density at radius 2 is 1.75 bits per heavy atom. The van der Waals surface area contributed by atoms with Gasteiger partial charge in [0.1, 0.15) is 18.3 Å². The SMILES string of the molecule is CC[C@H](C(=O)NCC(C)C)N(Cc1ccccc1)C(=O)CN(c1cc(Cl)ccc1OC)S(=O)(=O)c1ccc(C)c([N+](=O)[O-])c1. The van der Waals surface area contributed by atoms with Gasteiger partial charge in [-0.25, -0.2) is 8.42 Å². The number of nitrogens with one attached hydrogen (secondary N) is 1. The maximum absolute atomic E-state index is 14.2. The number of halogens is 1. The molecule has 1 N–H and O–H groups in total. The highest BCUT2D eigenvalue weighted by Crippen LogP contribution is 2.36. The summed E-state index contributed by atoms with van der Waals surface area (Å²) in [4.78, 5) is 39.5. The molecule has 3 aromatic carbocycles. The van der Waals surface area contributed by atoms with Crippen LogP contribution in [0.2, 0.25) is 5.02 Å². The number of ether oxygens (including phenoxy) is 1. The Morgan fingerprint density at radius 1 is 1.07 bits per heavy atom. The highest BCUT2D eigenvalue weighted by atomic mass is 35.5. The van der Waals surface area contributed by atoms with Crippen LogP contribution in [0, 0.1) is 23.0 Å². The minimum atomic E-state index is -4.61. The second kappa shape index (κ2) is 15.0. The summed E-state index contributed by atoms with van der Waals surface area (Å²) in [5.41, 5.74) is 0.562. The van der Waals surface area contributed by atoms with Gasteiger partial charge in [0, 0.05) is 29.7 Å². The molecule has 3 rings (SSSR count). The zero-order valence-electron chi connectivity index (χ0n) is 25.3. The van der Waals surface area contributed by atoms with Crippen LogP contribution in [0.4, 0.5) is 11.4 Å². The summed E-state index contributed by atoms with van der Waals surface area (Å²) >= 11 is 6.27. The number of methoxy groups -OCH3 is 1. The summed E-state index contributed by atoms with van der Waals surface area (Å²) in [7, 11) is -3.27. The van der Waals surface area contributed by atoms with E-state index in [1.807, 2.05) is 19.9 Å². The molecule has 13 heteroatoms. The first-order chi connectivity index (χ1) is 20.8. The molecule has 2 amide bonds. The van der Waals surface area contributed by atoms with E-state index in [9.17, 15) is 28.1 Å². The molecule has 44 heavy (non-hydrogen) atoms. The molecule has 0 aliphatic rings. The number of carbonyl (C=O) groups is 2. The molecule has 236 valence electrons. The van der Waals surface area contributed by atoms with Gasteiger partial charge in [-0.1, -0.05) is 68.8 Å². The Balaban J connectivity index is 2.16. The lowest BCUT2D eigenvalue weighted by molar-refractivity contribution is -0.385. The van der Waals surface area contributed by atoms with Gasteiger partial charge in [0.05, 0.1) is 22.6 Å². The lowest BCUT2D eigenvalue weighted by Crippen LogP contribution is -2.52. The lowest BCUT2D eigenvalue weighted by atomic mass is 10.1. The molecule has 0 saturated carbocycles. The molecule has 0 fully saturated rings. The van der Waals surface area contributed by atoms with Gasteiger partial charge in [-0.2, -0.15) is 0 Å². The number of carbonyl (C=O) groups excluding carboxylic acids is 2. The third kappa shape index (κ3) is 8.26. The van der Waals surface area contributed by atoms with E-state index in [1.54, 1.807) is 31.2 Å². The van der Waals surface area contributed by atoms with Crippen molar-refractivity contribution in [2.75, 3.05) is 24.5 Å². The van der Waals surface area contributed by atoms with Gasteiger partial charge in [0.25, 0.3) is 15.7 Å². The third-order valence-corrected chi connectivity index (χ3v) is 8.91. The molecule has 0 heterocycles. The zero-order chi connectivity index (χ0) is 32.6. The number of amides is 2. The highest BCUT2D eigenvalue weighted by molar-refractivity contribution is 7.92. The van der Waals surface area contributed by atoms with Crippen molar-refractivity contribution in [2.24, 2.45) is 5.92 Å². The fraction of sp³-hybridized carbons (Fsp3) is 0.355. The number of nitro benzene ring substituents is 1. The van der Waals surface area contributed by atoms with Gasteiger partial charge < -0.3 is 15.0 Å². The van der Waals surface area contributed by atoms with Crippen LogP contribution in [0.3, 0.4) is 0 Å². The van der Waals surface area contributed by atoms with Gasteiger partial charge in [-0.15, -0.1) is 0 Å². The van der Waals surface area contributed by atoms with Gasteiger partial charge in [-0.05, 0) is 49.1 Å². The van der Waals surface area contributed by atoms with Crippen LogP contribution in [0.15, 0.2) is 71.6 Å². The van der Waals surface area contributed by atoms with Crippen molar-refractivity contribution in [3.63, 3.8) is 0 Å². The first kappa shape index (κ1) is 34.3. The largest absolute Gasteiger partial charge is 0.495 e. The van der Waals surface area contributed by atoms with Crippen LogP contribution in [0.25, 0.3) is 0 Å². The van der Waals surface area contributed by atoms with E-state index < -0.39 is 44.0 Å². The quantitative estimate of drug-likeness (QED) is 0.185. The van der Waals surface area contributed by atoms with Crippen LogP contribution in [-0.2, 0) is 26.2 Å². The number of hydrogen-bond acceptors (Lipinski definition) is 7. The monoisotopic (exact) mass is 644 g/mol. The fourth-order valence-corrected chi connectivity index (χ4v) is 6.17. The molecule has 0 spiro atoms. The maximum atomic E-state index is 14.2. The summed E-state index contributed by atoms with van der Waals surface area (Å²) in [6.07, 6.45) is 0.264. The fourth-order valence-electron chi connectivity index (χ4n) is 4.57. The predicted octanol–water partition coefficient (Wildman–Crippen LogP) is 5.34. The van der Waals surface area contributed by atoms with Crippen molar-refractivity contribution in [1.82, 2.24) is 10.2 Å². The molecule has 0 saturated heterocycles. The van der Waals surface area contributed by atoms with E-state index in [1.165, 1.54) is 49.3 Å². The predicted molar refractivity (Wildman–Crippen MR) is 169 cm³/mol. The first-order valence-electron chi connectivity index (χ1n) is 14.0.